The molecule has 3 aromatic rings. The third-order valence-corrected chi connectivity index (χ3v) is 6.35. The van der Waals surface area contributed by atoms with E-state index in [2.05, 4.69) is 5.32 Å². The fourth-order valence-corrected chi connectivity index (χ4v) is 4.46. The summed E-state index contributed by atoms with van der Waals surface area (Å²) in [6, 6.07) is 22.2. The van der Waals surface area contributed by atoms with Crippen molar-refractivity contribution >= 4 is 21.6 Å². The summed E-state index contributed by atoms with van der Waals surface area (Å²) >= 11 is 0. The van der Waals surface area contributed by atoms with Crippen molar-refractivity contribution in [2.75, 3.05) is 24.2 Å². The maximum Gasteiger partial charge on any atom is 0.241 e. The summed E-state index contributed by atoms with van der Waals surface area (Å²) in [5.41, 5.74) is 4.08. The number of nitrogens with zero attached hydrogens (tertiary/aromatic N) is 1. The van der Waals surface area contributed by atoms with E-state index in [0.717, 1.165) is 32.8 Å². The van der Waals surface area contributed by atoms with Crippen molar-refractivity contribution in [3.05, 3.63) is 95.1 Å². The van der Waals surface area contributed by atoms with E-state index in [1.54, 1.807) is 12.1 Å². The fraction of sp³-hybridized carbons (Fsp3) is 0.240. The number of rotatable bonds is 8. The molecule has 0 radical (unpaired) electrons. The lowest BCUT2D eigenvalue weighted by Gasteiger charge is -2.26. The lowest BCUT2D eigenvalue weighted by Crippen LogP contribution is -2.42. The fourth-order valence-electron chi connectivity index (χ4n) is 3.61. The highest BCUT2D eigenvalue weighted by Gasteiger charge is 2.26. The van der Waals surface area contributed by atoms with E-state index in [0.29, 0.717) is 11.4 Å². The third kappa shape index (κ3) is 5.48. The van der Waals surface area contributed by atoms with Gasteiger partial charge in [-0.05, 0) is 48.2 Å². The largest absolute Gasteiger partial charge is 0.495 e. The summed E-state index contributed by atoms with van der Waals surface area (Å²) < 4.78 is 31.7. The van der Waals surface area contributed by atoms with Crippen molar-refractivity contribution < 1.29 is 17.9 Å². The minimum atomic E-state index is -3.74. The Morgan fingerprint density at radius 1 is 1.00 bits per heavy atom. The van der Waals surface area contributed by atoms with Crippen molar-refractivity contribution in [3.8, 4) is 5.75 Å². The predicted molar refractivity (Wildman–Crippen MR) is 128 cm³/mol. The van der Waals surface area contributed by atoms with Crippen LogP contribution in [0.3, 0.4) is 0 Å². The second kappa shape index (κ2) is 9.87. The van der Waals surface area contributed by atoms with Gasteiger partial charge in [0, 0.05) is 0 Å². The SMILES string of the molecule is COc1ccc(C)cc1N(CC(=O)N[C@H](c1ccccc1)c1ccccc1C)S(C)(=O)=O. The average Bonchev–Trinajstić information content (AvgIpc) is 2.76. The van der Waals surface area contributed by atoms with Crippen LogP contribution < -0.4 is 14.4 Å². The topological polar surface area (TPSA) is 75.7 Å². The minimum absolute atomic E-state index is 0.331. The van der Waals surface area contributed by atoms with Crippen LogP contribution in [0, 0.1) is 13.8 Å². The molecule has 0 aliphatic rings. The molecule has 1 amide bonds. The molecular weight excluding hydrogens is 424 g/mol. The van der Waals surface area contributed by atoms with Crippen LogP contribution in [0.5, 0.6) is 5.75 Å². The molecule has 1 N–H and O–H groups in total. The van der Waals surface area contributed by atoms with Crippen LogP contribution in [0.25, 0.3) is 0 Å². The molecule has 3 rings (SSSR count). The number of nitrogens with one attached hydrogen (secondary N) is 1. The van der Waals surface area contributed by atoms with Gasteiger partial charge in [-0.1, -0.05) is 60.7 Å². The zero-order valence-corrected chi connectivity index (χ0v) is 19.5. The van der Waals surface area contributed by atoms with Crippen LogP contribution >= 0.6 is 0 Å². The molecule has 0 heterocycles. The van der Waals surface area contributed by atoms with Crippen molar-refractivity contribution in [3.63, 3.8) is 0 Å². The van der Waals surface area contributed by atoms with E-state index in [9.17, 15) is 13.2 Å². The Hall–Kier alpha value is -3.32. The minimum Gasteiger partial charge on any atom is -0.495 e. The molecule has 3 aromatic carbocycles. The Morgan fingerprint density at radius 3 is 2.28 bits per heavy atom. The highest BCUT2D eigenvalue weighted by Crippen LogP contribution is 2.31. The average molecular weight is 453 g/mol. The Balaban J connectivity index is 1.95. The number of anilines is 1. The lowest BCUT2D eigenvalue weighted by molar-refractivity contribution is -0.120. The van der Waals surface area contributed by atoms with Gasteiger partial charge in [0.05, 0.1) is 25.1 Å². The number of carbonyl (C=O) groups excluding carboxylic acids is 1. The van der Waals surface area contributed by atoms with Gasteiger partial charge in [0.1, 0.15) is 12.3 Å². The molecule has 0 bridgehead atoms. The second-order valence-corrected chi connectivity index (χ2v) is 9.62. The molecule has 1 atom stereocenters. The molecule has 7 heteroatoms. The number of hydrogen-bond donors (Lipinski definition) is 1. The van der Waals surface area contributed by atoms with Crippen molar-refractivity contribution in [1.82, 2.24) is 5.32 Å². The van der Waals surface area contributed by atoms with Gasteiger partial charge < -0.3 is 10.1 Å². The normalized spacial score (nSPS) is 12.1. The van der Waals surface area contributed by atoms with Gasteiger partial charge in [-0.3, -0.25) is 9.10 Å². The Bertz CT molecular complexity index is 1190. The summed E-state index contributed by atoms with van der Waals surface area (Å²) in [6.07, 6.45) is 1.08. The number of carbonyl (C=O) groups is 1. The van der Waals surface area contributed by atoms with Crippen molar-refractivity contribution in [2.45, 2.75) is 19.9 Å². The first-order valence-electron chi connectivity index (χ1n) is 10.2. The molecule has 0 aromatic heterocycles. The van der Waals surface area contributed by atoms with E-state index in [1.165, 1.54) is 7.11 Å². The van der Waals surface area contributed by atoms with Gasteiger partial charge in [-0.2, -0.15) is 0 Å². The molecule has 6 nitrogen and oxygen atoms in total. The molecule has 0 aliphatic heterocycles. The van der Waals surface area contributed by atoms with Crippen LogP contribution in [0.4, 0.5) is 5.69 Å². The van der Waals surface area contributed by atoms with Gasteiger partial charge >= 0.3 is 0 Å². The molecule has 0 fully saturated rings. The van der Waals surface area contributed by atoms with Crippen LogP contribution in [0.15, 0.2) is 72.8 Å². The van der Waals surface area contributed by atoms with Crippen LogP contribution in [-0.2, 0) is 14.8 Å². The predicted octanol–water partition coefficient (Wildman–Crippen LogP) is 3.98. The first kappa shape index (κ1) is 23.3. The monoisotopic (exact) mass is 452 g/mol. The zero-order chi connectivity index (χ0) is 23.3. The molecule has 0 unspecified atom stereocenters. The molecule has 0 aliphatic carbocycles. The van der Waals surface area contributed by atoms with Gasteiger partial charge in [0.2, 0.25) is 15.9 Å². The van der Waals surface area contributed by atoms with Crippen LogP contribution in [-0.4, -0.2) is 34.2 Å². The molecule has 168 valence electrons. The standard InChI is InChI=1S/C25H28N2O4S/c1-18-14-15-23(31-3)22(16-18)27(32(4,29)30)17-24(28)26-25(20-11-6-5-7-12-20)21-13-9-8-10-19(21)2/h5-16,25H,17H2,1-4H3,(H,26,28)/t25-/m1/s1. The lowest BCUT2D eigenvalue weighted by atomic mass is 9.95. The number of hydrogen-bond acceptors (Lipinski definition) is 4. The Kier molecular flexibility index (Phi) is 7.20. The summed E-state index contributed by atoms with van der Waals surface area (Å²) in [5, 5.41) is 3.03. The van der Waals surface area contributed by atoms with E-state index in [-0.39, 0.29) is 6.54 Å². The third-order valence-electron chi connectivity index (χ3n) is 5.23. The van der Waals surface area contributed by atoms with Crippen LogP contribution in [0.1, 0.15) is 28.3 Å². The van der Waals surface area contributed by atoms with Gasteiger partial charge in [0.25, 0.3) is 0 Å². The second-order valence-electron chi connectivity index (χ2n) is 7.71. The highest BCUT2D eigenvalue weighted by atomic mass is 32.2. The van der Waals surface area contributed by atoms with E-state index >= 15 is 0 Å². The maximum atomic E-state index is 13.2. The van der Waals surface area contributed by atoms with Crippen LogP contribution in [0.2, 0.25) is 0 Å². The number of amides is 1. The molecule has 0 spiro atoms. The zero-order valence-electron chi connectivity index (χ0n) is 18.7. The Labute approximate surface area is 189 Å². The number of sulfonamides is 1. The van der Waals surface area contributed by atoms with Gasteiger partial charge in [-0.15, -0.1) is 0 Å². The molecule has 0 saturated carbocycles. The highest BCUT2D eigenvalue weighted by molar-refractivity contribution is 7.92. The molecular formula is C25H28N2O4S. The van der Waals surface area contributed by atoms with Gasteiger partial charge in [-0.25, -0.2) is 8.42 Å². The first-order valence-corrected chi connectivity index (χ1v) is 12.1. The molecule has 32 heavy (non-hydrogen) atoms. The van der Waals surface area contributed by atoms with Crippen molar-refractivity contribution in [1.29, 1.82) is 0 Å². The first-order chi connectivity index (χ1) is 15.2. The van der Waals surface area contributed by atoms with E-state index < -0.39 is 22.0 Å². The van der Waals surface area contributed by atoms with E-state index in [4.69, 9.17) is 4.74 Å². The maximum absolute atomic E-state index is 13.2. The summed E-state index contributed by atoms with van der Waals surface area (Å²) in [4.78, 5) is 13.2. The van der Waals surface area contributed by atoms with Crippen molar-refractivity contribution in [2.24, 2.45) is 0 Å². The smallest absolute Gasteiger partial charge is 0.241 e. The number of ether oxygens (including phenoxy) is 1. The summed E-state index contributed by atoms with van der Waals surface area (Å²) in [7, 11) is -2.27. The number of methoxy groups -OCH3 is 1. The quantitative estimate of drug-likeness (QED) is 0.561. The summed E-state index contributed by atoms with van der Waals surface area (Å²) in [6.45, 7) is 3.47. The number of benzene rings is 3. The summed E-state index contributed by atoms with van der Waals surface area (Å²) in [5.74, 6) is -0.0385. The van der Waals surface area contributed by atoms with Gasteiger partial charge in [0.15, 0.2) is 0 Å². The van der Waals surface area contributed by atoms with E-state index in [1.807, 2.05) is 74.5 Å². The Morgan fingerprint density at radius 2 is 1.66 bits per heavy atom. The molecule has 0 saturated heterocycles. The number of aryl methyl sites for hydroxylation is 2.